The molecule has 1 saturated heterocycles. The topological polar surface area (TPSA) is 88.8 Å². The van der Waals surface area contributed by atoms with Crippen LogP contribution < -0.4 is 5.32 Å². The molecule has 0 spiro atoms. The Labute approximate surface area is 139 Å². The Kier molecular flexibility index (Phi) is 4.75. The van der Waals surface area contributed by atoms with Gasteiger partial charge >= 0.3 is 0 Å². The highest BCUT2D eigenvalue weighted by atomic mass is 16.5. The summed E-state index contributed by atoms with van der Waals surface area (Å²) in [6, 6.07) is 1.91. The molecule has 3 heterocycles. The third-order valence-electron chi connectivity index (χ3n) is 4.36. The Morgan fingerprint density at radius 2 is 2.29 bits per heavy atom. The average molecular weight is 331 g/mol. The number of methoxy groups -OCH3 is 1. The zero-order valence-electron chi connectivity index (χ0n) is 13.9. The zero-order chi connectivity index (χ0) is 17.1. The monoisotopic (exact) mass is 331 g/mol. The quantitative estimate of drug-likeness (QED) is 0.878. The Hall–Kier alpha value is -2.48. The first kappa shape index (κ1) is 16.4. The highest BCUT2D eigenvalue weighted by molar-refractivity contribution is 5.99. The highest BCUT2D eigenvalue weighted by Crippen LogP contribution is 2.27. The lowest BCUT2D eigenvalue weighted by molar-refractivity contribution is -0.136. The van der Waals surface area contributed by atoms with Gasteiger partial charge in [-0.1, -0.05) is 0 Å². The van der Waals surface area contributed by atoms with E-state index in [0.29, 0.717) is 17.8 Å². The molecule has 128 valence electrons. The number of nitrogens with one attached hydrogen (secondary N) is 1. The van der Waals surface area contributed by atoms with Crippen molar-refractivity contribution in [1.82, 2.24) is 24.8 Å². The second-order valence-corrected chi connectivity index (χ2v) is 5.85. The minimum atomic E-state index is -0.213. The van der Waals surface area contributed by atoms with Crippen molar-refractivity contribution in [2.45, 2.75) is 18.8 Å². The summed E-state index contributed by atoms with van der Waals surface area (Å²) in [4.78, 5) is 30.1. The van der Waals surface area contributed by atoms with E-state index in [9.17, 15) is 9.59 Å². The van der Waals surface area contributed by atoms with E-state index in [1.807, 2.05) is 11.0 Å². The molecule has 2 amide bonds. The number of fused-ring (bicyclic) bond motifs is 1. The Balaban J connectivity index is 1.90. The van der Waals surface area contributed by atoms with Gasteiger partial charge in [-0.25, -0.2) is 9.50 Å². The van der Waals surface area contributed by atoms with Crippen LogP contribution in [0.25, 0.3) is 5.65 Å². The molecule has 1 aliphatic rings. The van der Waals surface area contributed by atoms with Crippen molar-refractivity contribution < 1.29 is 14.3 Å². The fourth-order valence-electron chi connectivity index (χ4n) is 3.17. The molecule has 1 N–H and O–H groups in total. The molecule has 1 fully saturated rings. The van der Waals surface area contributed by atoms with E-state index in [0.717, 1.165) is 25.1 Å². The number of aromatic nitrogens is 3. The van der Waals surface area contributed by atoms with Crippen molar-refractivity contribution in [2.75, 3.05) is 33.9 Å². The van der Waals surface area contributed by atoms with E-state index in [1.54, 1.807) is 17.8 Å². The van der Waals surface area contributed by atoms with E-state index in [2.05, 4.69) is 15.4 Å². The number of piperidine rings is 1. The molecule has 1 unspecified atom stereocenters. The summed E-state index contributed by atoms with van der Waals surface area (Å²) >= 11 is 0. The second-order valence-electron chi connectivity index (χ2n) is 5.85. The molecule has 1 atom stereocenters. The van der Waals surface area contributed by atoms with Crippen molar-refractivity contribution in [3.05, 3.63) is 29.7 Å². The van der Waals surface area contributed by atoms with E-state index in [4.69, 9.17) is 4.74 Å². The van der Waals surface area contributed by atoms with Gasteiger partial charge in [-0.2, -0.15) is 5.10 Å². The number of amides is 2. The maximum atomic E-state index is 12.1. The van der Waals surface area contributed by atoms with Gasteiger partial charge in [0.05, 0.1) is 11.9 Å². The molecule has 0 aromatic carbocycles. The fraction of sp³-hybridized carbons (Fsp3) is 0.500. The van der Waals surface area contributed by atoms with Gasteiger partial charge in [-0.15, -0.1) is 0 Å². The van der Waals surface area contributed by atoms with Crippen LogP contribution in [-0.4, -0.2) is 65.2 Å². The largest absolute Gasteiger partial charge is 0.375 e. The summed E-state index contributed by atoms with van der Waals surface area (Å²) in [5, 5.41) is 6.93. The second kappa shape index (κ2) is 6.96. The summed E-state index contributed by atoms with van der Waals surface area (Å²) in [6.07, 6.45) is 5.11. The van der Waals surface area contributed by atoms with Crippen molar-refractivity contribution >= 4 is 17.5 Å². The van der Waals surface area contributed by atoms with Crippen molar-refractivity contribution in [2.24, 2.45) is 0 Å². The zero-order valence-corrected chi connectivity index (χ0v) is 13.9. The summed E-state index contributed by atoms with van der Waals surface area (Å²) in [5.41, 5.74) is 1.94. The lowest BCUT2D eigenvalue weighted by Crippen LogP contribution is -2.41. The average Bonchev–Trinajstić information content (AvgIpc) is 3.05. The van der Waals surface area contributed by atoms with Gasteiger partial charge in [0.2, 0.25) is 5.91 Å². The van der Waals surface area contributed by atoms with Crippen LogP contribution in [0.2, 0.25) is 0 Å². The molecule has 2 aromatic rings. The Morgan fingerprint density at radius 1 is 1.46 bits per heavy atom. The van der Waals surface area contributed by atoms with Crippen molar-refractivity contribution in [3.63, 3.8) is 0 Å². The lowest BCUT2D eigenvalue weighted by atomic mass is 9.94. The molecule has 0 bridgehead atoms. The highest BCUT2D eigenvalue weighted by Gasteiger charge is 2.27. The molecule has 0 radical (unpaired) electrons. The Morgan fingerprint density at radius 3 is 3.04 bits per heavy atom. The predicted octanol–water partition coefficient (Wildman–Crippen LogP) is 0.441. The van der Waals surface area contributed by atoms with Crippen LogP contribution >= 0.6 is 0 Å². The molecule has 3 rings (SSSR count). The van der Waals surface area contributed by atoms with Gasteiger partial charge in [0.1, 0.15) is 12.2 Å². The summed E-state index contributed by atoms with van der Waals surface area (Å²) in [6.45, 7) is 1.47. The molecule has 2 aromatic heterocycles. The maximum Gasteiger partial charge on any atom is 0.256 e. The standard InChI is InChI=1S/C16H21N5O3/c1-17-16(23)12-8-19-21-13(5-6-18-15(12)21)11-4-3-7-20(9-11)14(22)10-24-2/h5-6,8,11H,3-4,7,9-10H2,1-2H3,(H,17,23). The number of likely N-dealkylation sites (tertiary alicyclic amines) is 1. The molecule has 0 aliphatic carbocycles. The van der Waals surface area contributed by atoms with Gasteiger partial charge in [-0.3, -0.25) is 9.59 Å². The first-order valence-corrected chi connectivity index (χ1v) is 7.97. The molecule has 1 aliphatic heterocycles. The number of carbonyl (C=O) groups is 2. The molecule has 8 heteroatoms. The minimum Gasteiger partial charge on any atom is -0.375 e. The van der Waals surface area contributed by atoms with Crippen molar-refractivity contribution in [3.8, 4) is 0 Å². The summed E-state index contributed by atoms with van der Waals surface area (Å²) in [5.74, 6) is -0.0586. The van der Waals surface area contributed by atoms with E-state index in [-0.39, 0.29) is 24.3 Å². The molecular formula is C16H21N5O3. The normalized spacial score (nSPS) is 17.9. The third-order valence-corrected chi connectivity index (χ3v) is 4.36. The van der Waals surface area contributed by atoms with Crippen LogP contribution in [0.15, 0.2) is 18.5 Å². The van der Waals surface area contributed by atoms with Gasteiger partial charge in [0.25, 0.3) is 5.91 Å². The van der Waals surface area contributed by atoms with E-state index < -0.39 is 0 Å². The summed E-state index contributed by atoms with van der Waals surface area (Å²) < 4.78 is 6.65. The van der Waals surface area contributed by atoms with Crippen molar-refractivity contribution in [1.29, 1.82) is 0 Å². The number of ether oxygens (including phenoxy) is 1. The first-order chi connectivity index (χ1) is 11.7. The number of carbonyl (C=O) groups excluding carboxylic acids is 2. The molecular weight excluding hydrogens is 310 g/mol. The maximum absolute atomic E-state index is 12.1. The molecule has 24 heavy (non-hydrogen) atoms. The summed E-state index contributed by atoms with van der Waals surface area (Å²) in [7, 11) is 3.10. The van der Waals surface area contributed by atoms with Gasteiger partial charge < -0.3 is 15.0 Å². The van der Waals surface area contributed by atoms with Crippen LogP contribution in [0.5, 0.6) is 0 Å². The number of rotatable bonds is 4. The van der Waals surface area contributed by atoms with Gasteiger partial charge in [0.15, 0.2) is 5.65 Å². The smallest absolute Gasteiger partial charge is 0.256 e. The number of nitrogens with zero attached hydrogens (tertiary/aromatic N) is 4. The van der Waals surface area contributed by atoms with E-state index in [1.165, 1.54) is 13.3 Å². The minimum absolute atomic E-state index is 0.000912. The predicted molar refractivity (Wildman–Crippen MR) is 86.8 cm³/mol. The van der Waals surface area contributed by atoms with Crippen LogP contribution in [0.3, 0.4) is 0 Å². The SMILES string of the molecule is CNC(=O)c1cnn2c(C3CCCN(C(=O)COC)C3)ccnc12. The van der Waals surface area contributed by atoms with Gasteiger partial charge in [0, 0.05) is 39.4 Å². The van der Waals surface area contributed by atoms with E-state index >= 15 is 0 Å². The molecule has 8 nitrogen and oxygen atoms in total. The number of hydrogen-bond donors (Lipinski definition) is 1. The first-order valence-electron chi connectivity index (χ1n) is 7.97. The Bertz CT molecular complexity index is 757. The lowest BCUT2D eigenvalue weighted by Gasteiger charge is -2.32. The van der Waals surface area contributed by atoms with Crippen LogP contribution in [0.4, 0.5) is 0 Å². The van der Waals surface area contributed by atoms with Crippen LogP contribution in [-0.2, 0) is 9.53 Å². The molecule has 0 saturated carbocycles. The van der Waals surface area contributed by atoms with Crippen LogP contribution in [0.1, 0.15) is 34.8 Å². The van der Waals surface area contributed by atoms with Crippen LogP contribution in [0, 0.1) is 0 Å². The third kappa shape index (κ3) is 2.96. The number of hydrogen-bond acceptors (Lipinski definition) is 5. The van der Waals surface area contributed by atoms with Gasteiger partial charge in [-0.05, 0) is 18.9 Å². The fourth-order valence-corrected chi connectivity index (χ4v) is 3.17.